The molecule has 1 aliphatic heterocycles. The molecular weight excluding hydrogens is 498 g/mol. The van der Waals surface area contributed by atoms with Gasteiger partial charge in [-0.05, 0) is 24.6 Å². The number of phenols is 1. The van der Waals surface area contributed by atoms with Crippen LogP contribution >= 0.6 is 11.6 Å². The highest BCUT2D eigenvalue weighted by Crippen LogP contribution is 2.37. The number of phenolic OH excluding ortho intramolecular Hbond substituents is 1. The summed E-state index contributed by atoms with van der Waals surface area (Å²) in [5.74, 6) is -2.35. The van der Waals surface area contributed by atoms with Crippen molar-refractivity contribution in [3.63, 3.8) is 0 Å². The summed E-state index contributed by atoms with van der Waals surface area (Å²) in [4.78, 5) is 14.7. The van der Waals surface area contributed by atoms with E-state index in [0.29, 0.717) is 23.9 Å². The minimum absolute atomic E-state index is 0.0336. The van der Waals surface area contributed by atoms with Crippen molar-refractivity contribution in [3.05, 3.63) is 70.8 Å². The number of carbonyl (C=O) groups is 1. The fourth-order valence-electron chi connectivity index (χ4n) is 3.75. The van der Waals surface area contributed by atoms with Gasteiger partial charge in [-0.2, -0.15) is 0 Å². The van der Waals surface area contributed by atoms with Gasteiger partial charge in [0.2, 0.25) is 4.90 Å². The molecule has 3 aromatic carbocycles. The Bertz CT molecular complexity index is 1260. The number of halogens is 3. The van der Waals surface area contributed by atoms with E-state index in [9.17, 15) is 23.2 Å². The number of ether oxygens (including phenoxy) is 1. The van der Waals surface area contributed by atoms with Crippen molar-refractivity contribution in [2.24, 2.45) is 0 Å². The SMILES string of the molecule is CCCCN1CCOc2ccccc2-c2cc(c(F)cc2F)N[S+]([O-])c2cc(cc(Cl)c2O)C1=O. The third kappa shape index (κ3) is 5.32. The molecule has 2 N–H and O–H groups in total. The first-order chi connectivity index (χ1) is 16.8. The predicted molar refractivity (Wildman–Crippen MR) is 131 cm³/mol. The molecule has 35 heavy (non-hydrogen) atoms. The van der Waals surface area contributed by atoms with E-state index in [0.717, 1.165) is 12.8 Å². The van der Waals surface area contributed by atoms with Crippen LogP contribution in [0.5, 0.6) is 11.5 Å². The standard InChI is InChI=1S/C25H23ClF2N2O4S/c1-2-3-8-30-9-10-34-22-7-5-4-6-16(22)17-13-21(20(28)14-19(17)27)29-35(33)23-12-15(25(30)32)11-18(26)24(23)31/h4-7,11-14,29,31H,2-3,8-10H2,1H3. The summed E-state index contributed by atoms with van der Waals surface area (Å²) in [6.45, 7) is 2.78. The molecule has 4 bridgehead atoms. The number of anilines is 1. The molecule has 4 rings (SSSR count). The monoisotopic (exact) mass is 520 g/mol. The lowest BCUT2D eigenvalue weighted by molar-refractivity contribution is 0.0727. The normalized spacial score (nSPS) is 16.0. The summed E-state index contributed by atoms with van der Waals surface area (Å²) in [5.41, 5.74) is 0.253. The lowest BCUT2D eigenvalue weighted by atomic mass is 10.0. The van der Waals surface area contributed by atoms with E-state index in [1.54, 1.807) is 29.2 Å². The number of benzene rings is 3. The van der Waals surface area contributed by atoms with E-state index >= 15 is 0 Å². The zero-order valence-corrected chi connectivity index (χ0v) is 20.4. The van der Waals surface area contributed by atoms with Gasteiger partial charge in [-0.1, -0.05) is 43.1 Å². The van der Waals surface area contributed by atoms with Crippen LogP contribution in [0.2, 0.25) is 5.02 Å². The van der Waals surface area contributed by atoms with Crippen LogP contribution in [0.1, 0.15) is 30.1 Å². The van der Waals surface area contributed by atoms with E-state index in [4.69, 9.17) is 16.3 Å². The van der Waals surface area contributed by atoms with Gasteiger partial charge in [-0.15, -0.1) is 0 Å². The Hall–Kier alpha value is -3.01. The van der Waals surface area contributed by atoms with Crippen LogP contribution in [-0.2, 0) is 11.4 Å². The zero-order valence-electron chi connectivity index (χ0n) is 18.8. The fraction of sp³-hybridized carbons (Fsp3) is 0.240. The highest BCUT2D eigenvalue weighted by atomic mass is 35.5. The van der Waals surface area contributed by atoms with Crippen molar-refractivity contribution in [2.75, 3.05) is 24.4 Å². The van der Waals surface area contributed by atoms with Crippen LogP contribution in [0.15, 0.2) is 53.4 Å². The number of aromatic hydroxyl groups is 1. The maximum absolute atomic E-state index is 14.8. The van der Waals surface area contributed by atoms with Gasteiger partial charge in [0.15, 0.2) is 11.6 Å². The number of hydrogen-bond acceptors (Lipinski definition) is 5. The molecule has 184 valence electrons. The number of amides is 1. The van der Waals surface area contributed by atoms with Crippen molar-refractivity contribution in [2.45, 2.75) is 24.7 Å². The molecule has 0 radical (unpaired) electrons. The Morgan fingerprint density at radius 2 is 1.94 bits per heavy atom. The van der Waals surface area contributed by atoms with E-state index in [1.807, 2.05) is 6.92 Å². The summed E-state index contributed by atoms with van der Waals surface area (Å²) < 4.78 is 50.9. The van der Waals surface area contributed by atoms with Crippen LogP contribution in [0.3, 0.4) is 0 Å². The van der Waals surface area contributed by atoms with E-state index < -0.39 is 28.7 Å². The number of unbranched alkanes of at least 4 members (excludes halogenated alkanes) is 1. The van der Waals surface area contributed by atoms with Crippen LogP contribution in [-0.4, -0.2) is 40.2 Å². The lowest BCUT2D eigenvalue weighted by Gasteiger charge is -2.23. The Morgan fingerprint density at radius 3 is 2.71 bits per heavy atom. The molecule has 10 heteroatoms. The molecule has 0 aliphatic carbocycles. The number of para-hydroxylation sites is 1. The van der Waals surface area contributed by atoms with E-state index in [2.05, 4.69) is 4.72 Å². The highest BCUT2D eigenvalue weighted by Gasteiger charge is 2.27. The van der Waals surface area contributed by atoms with Gasteiger partial charge in [0.1, 0.15) is 35.2 Å². The minimum Gasteiger partial charge on any atom is -0.588 e. The Kier molecular flexibility index (Phi) is 7.69. The highest BCUT2D eigenvalue weighted by molar-refractivity contribution is 7.92. The van der Waals surface area contributed by atoms with Gasteiger partial charge >= 0.3 is 0 Å². The zero-order chi connectivity index (χ0) is 25.1. The van der Waals surface area contributed by atoms with Gasteiger partial charge in [-0.25, -0.2) is 13.5 Å². The average molecular weight is 521 g/mol. The summed E-state index contributed by atoms with van der Waals surface area (Å²) in [6, 6.07) is 11.1. The summed E-state index contributed by atoms with van der Waals surface area (Å²) in [5, 5.41) is 10.3. The molecule has 0 saturated heterocycles. The van der Waals surface area contributed by atoms with E-state index in [1.165, 1.54) is 18.2 Å². The van der Waals surface area contributed by atoms with E-state index in [-0.39, 0.29) is 45.8 Å². The second kappa shape index (κ2) is 10.7. The molecule has 3 aromatic rings. The average Bonchev–Trinajstić information content (AvgIpc) is 2.84. The Labute approximate surface area is 209 Å². The molecule has 1 aliphatic rings. The summed E-state index contributed by atoms with van der Waals surface area (Å²) >= 11 is 3.92. The first-order valence-corrected chi connectivity index (χ1v) is 12.5. The van der Waals surface area contributed by atoms with Gasteiger partial charge in [-0.3, -0.25) is 4.79 Å². The van der Waals surface area contributed by atoms with Gasteiger partial charge < -0.3 is 19.3 Å². The largest absolute Gasteiger partial charge is 0.588 e. The van der Waals surface area contributed by atoms with Crippen LogP contribution in [0.25, 0.3) is 11.1 Å². The van der Waals surface area contributed by atoms with Crippen molar-refractivity contribution >= 4 is 34.6 Å². The molecule has 0 fully saturated rings. The summed E-state index contributed by atoms with van der Waals surface area (Å²) in [7, 11) is 0. The molecule has 0 spiro atoms. The molecule has 0 saturated carbocycles. The number of fused-ring (bicyclic) bond motifs is 6. The topological polar surface area (TPSA) is 84.9 Å². The molecule has 1 unspecified atom stereocenters. The molecule has 1 heterocycles. The van der Waals surface area contributed by atoms with Gasteiger partial charge in [0.25, 0.3) is 5.91 Å². The second-order valence-corrected chi connectivity index (χ2v) is 9.57. The van der Waals surface area contributed by atoms with Crippen molar-refractivity contribution in [3.8, 4) is 22.6 Å². The Morgan fingerprint density at radius 1 is 1.17 bits per heavy atom. The number of carbonyl (C=O) groups excluding carboxylic acids is 1. The van der Waals surface area contributed by atoms with Gasteiger partial charge in [0.05, 0.1) is 11.6 Å². The smallest absolute Gasteiger partial charge is 0.254 e. The quantitative estimate of drug-likeness (QED) is 0.429. The Balaban J connectivity index is 1.86. The lowest BCUT2D eigenvalue weighted by Crippen LogP contribution is -2.35. The van der Waals surface area contributed by atoms with Crippen LogP contribution in [0.4, 0.5) is 14.5 Å². The van der Waals surface area contributed by atoms with Crippen LogP contribution in [0, 0.1) is 11.6 Å². The molecule has 1 atom stereocenters. The predicted octanol–water partition coefficient (Wildman–Crippen LogP) is 5.76. The number of nitrogens with one attached hydrogen (secondary N) is 1. The fourth-order valence-corrected chi connectivity index (χ4v) is 5.02. The van der Waals surface area contributed by atoms with Gasteiger partial charge in [0, 0.05) is 35.4 Å². The number of hydrogen-bond donors (Lipinski definition) is 2. The third-order valence-electron chi connectivity index (χ3n) is 5.60. The minimum atomic E-state index is -2.22. The summed E-state index contributed by atoms with van der Waals surface area (Å²) in [6.07, 6.45) is 1.59. The third-order valence-corrected chi connectivity index (χ3v) is 7.00. The molecule has 0 aromatic heterocycles. The second-order valence-electron chi connectivity index (χ2n) is 7.98. The number of nitrogens with zero attached hydrogens (tertiary/aromatic N) is 1. The van der Waals surface area contributed by atoms with Crippen molar-refractivity contribution < 1.29 is 28.0 Å². The molecule has 6 nitrogen and oxygen atoms in total. The van der Waals surface area contributed by atoms with Crippen molar-refractivity contribution in [1.29, 1.82) is 0 Å². The first kappa shape index (κ1) is 25.1. The van der Waals surface area contributed by atoms with Crippen LogP contribution < -0.4 is 9.46 Å². The maximum Gasteiger partial charge on any atom is 0.254 e. The maximum atomic E-state index is 14.8. The first-order valence-electron chi connectivity index (χ1n) is 11.0. The number of rotatable bonds is 3. The molecule has 1 amide bonds. The molecular formula is C25H23ClF2N2O4S. The van der Waals surface area contributed by atoms with Crippen molar-refractivity contribution in [1.82, 2.24) is 4.90 Å².